The normalized spacial score (nSPS) is 12.1. The van der Waals surface area contributed by atoms with Crippen molar-refractivity contribution in [3.8, 4) is 5.75 Å². The van der Waals surface area contributed by atoms with Gasteiger partial charge in [0.05, 0.1) is 17.2 Å². The summed E-state index contributed by atoms with van der Waals surface area (Å²) >= 11 is 0. The van der Waals surface area contributed by atoms with Crippen LogP contribution in [-0.2, 0) is 16.4 Å². The molecule has 2 aromatic carbocycles. The fourth-order valence-corrected chi connectivity index (χ4v) is 3.58. The van der Waals surface area contributed by atoms with Crippen LogP contribution in [0.3, 0.4) is 0 Å². The molecule has 0 heterocycles. The zero-order valence-electron chi connectivity index (χ0n) is 15.4. The van der Waals surface area contributed by atoms with E-state index < -0.39 is 16.4 Å². The van der Waals surface area contributed by atoms with Gasteiger partial charge < -0.3 is 15.4 Å². The average Bonchev–Trinajstić information content (AvgIpc) is 2.67. The van der Waals surface area contributed by atoms with E-state index in [1.54, 1.807) is 48.5 Å². The number of ether oxygens (including phenoxy) is 1. The van der Waals surface area contributed by atoms with Gasteiger partial charge in [-0.2, -0.15) is 8.78 Å². The summed E-state index contributed by atoms with van der Waals surface area (Å²) in [5, 5.41) is 5.94. The van der Waals surface area contributed by atoms with Gasteiger partial charge in [-0.05, 0) is 25.1 Å². The largest absolute Gasteiger partial charge is 0.434 e. The van der Waals surface area contributed by atoms with Crippen LogP contribution < -0.4 is 15.4 Å². The highest BCUT2D eigenvalue weighted by molar-refractivity contribution is 7.91. The van der Waals surface area contributed by atoms with E-state index in [1.165, 1.54) is 6.07 Å². The number of hydrogen-bond donors (Lipinski definition) is 2. The molecule has 0 saturated carbocycles. The first-order valence-corrected chi connectivity index (χ1v) is 10.4. The number of sulfone groups is 1. The molecule has 9 heteroatoms. The smallest absolute Gasteiger partial charge is 0.387 e. The van der Waals surface area contributed by atoms with Crippen molar-refractivity contribution >= 4 is 15.8 Å². The lowest BCUT2D eigenvalue weighted by Gasteiger charge is -2.13. The van der Waals surface area contributed by atoms with Crippen molar-refractivity contribution in [2.45, 2.75) is 25.0 Å². The Morgan fingerprint density at radius 2 is 1.75 bits per heavy atom. The van der Waals surface area contributed by atoms with E-state index in [0.29, 0.717) is 18.1 Å². The molecular formula is C19H23F2N3O3S. The minimum Gasteiger partial charge on any atom is -0.434 e. The van der Waals surface area contributed by atoms with Crippen LogP contribution in [-0.4, -0.2) is 39.8 Å². The monoisotopic (exact) mass is 411 g/mol. The van der Waals surface area contributed by atoms with Gasteiger partial charge in [0.25, 0.3) is 0 Å². The van der Waals surface area contributed by atoms with E-state index in [-0.39, 0.29) is 29.5 Å². The van der Waals surface area contributed by atoms with Gasteiger partial charge in [0.1, 0.15) is 5.75 Å². The number of halogens is 2. The van der Waals surface area contributed by atoms with Crippen molar-refractivity contribution in [1.82, 2.24) is 10.6 Å². The molecule has 2 aromatic rings. The van der Waals surface area contributed by atoms with Gasteiger partial charge in [-0.1, -0.05) is 36.4 Å². The molecule has 0 fully saturated rings. The first kappa shape index (κ1) is 21.6. The molecule has 0 radical (unpaired) electrons. The summed E-state index contributed by atoms with van der Waals surface area (Å²) in [5.74, 6) is 0.341. The molecular weight excluding hydrogens is 388 g/mol. The van der Waals surface area contributed by atoms with Crippen molar-refractivity contribution in [2.75, 3.05) is 18.8 Å². The van der Waals surface area contributed by atoms with Gasteiger partial charge in [0.15, 0.2) is 15.8 Å². The quantitative estimate of drug-likeness (QED) is 0.490. The van der Waals surface area contributed by atoms with E-state index in [1.807, 2.05) is 6.92 Å². The fraction of sp³-hybridized carbons (Fsp3) is 0.316. The second-order valence-corrected chi connectivity index (χ2v) is 7.85. The molecule has 0 bridgehead atoms. The topological polar surface area (TPSA) is 79.8 Å². The summed E-state index contributed by atoms with van der Waals surface area (Å²) in [7, 11) is -3.41. The van der Waals surface area contributed by atoms with E-state index in [2.05, 4.69) is 20.4 Å². The molecule has 0 spiro atoms. The first-order valence-electron chi connectivity index (χ1n) is 8.75. The number of nitrogens with one attached hydrogen (secondary N) is 2. The van der Waals surface area contributed by atoms with Gasteiger partial charge in [-0.3, -0.25) is 0 Å². The average molecular weight is 411 g/mol. The van der Waals surface area contributed by atoms with Crippen LogP contribution in [0.1, 0.15) is 12.5 Å². The second-order valence-electron chi connectivity index (χ2n) is 5.74. The van der Waals surface area contributed by atoms with Crippen LogP contribution in [0.25, 0.3) is 0 Å². The lowest BCUT2D eigenvalue weighted by atomic mass is 10.2. The number of hydrogen-bond acceptors (Lipinski definition) is 4. The van der Waals surface area contributed by atoms with E-state index >= 15 is 0 Å². The standard InChI is InChI=1S/C19H23F2N3O3S/c1-2-22-19(23-12-13-28(25,26)16-9-4-3-5-10-16)24-14-15-8-6-7-11-17(15)27-18(20)21/h3-11,18H,2,12-14H2,1H3,(H2,22,23,24). The van der Waals surface area contributed by atoms with Crippen LogP contribution in [0.15, 0.2) is 64.5 Å². The van der Waals surface area contributed by atoms with Crippen LogP contribution in [0, 0.1) is 0 Å². The molecule has 152 valence electrons. The van der Waals surface area contributed by atoms with Crippen LogP contribution in [0.5, 0.6) is 5.75 Å². The van der Waals surface area contributed by atoms with E-state index in [9.17, 15) is 17.2 Å². The summed E-state index contributed by atoms with van der Waals surface area (Å²) in [6.45, 7) is -0.236. The number of para-hydroxylation sites is 1. The van der Waals surface area contributed by atoms with Crippen LogP contribution in [0.4, 0.5) is 8.78 Å². The van der Waals surface area contributed by atoms with Crippen molar-refractivity contribution in [1.29, 1.82) is 0 Å². The Labute approximate surface area is 163 Å². The minimum absolute atomic E-state index is 0.0590. The molecule has 2 rings (SSSR count). The second kappa shape index (κ2) is 10.6. The van der Waals surface area contributed by atoms with Gasteiger partial charge in [0.2, 0.25) is 0 Å². The Balaban J connectivity index is 2.00. The summed E-state index contributed by atoms with van der Waals surface area (Å²) in [4.78, 5) is 4.58. The zero-order valence-corrected chi connectivity index (χ0v) is 16.3. The predicted molar refractivity (Wildman–Crippen MR) is 104 cm³/mol. The van der Waals surface area contributed by atoms with Crippen molar-refractivity contribution < 1.29 is 21.9 Å². The van der Waals surface area contributed by atoms with E-state index in [4.69, 9.17) is 0 Å². The third-order valence-electron chi connectivity index (χ3n) is 3.71. The van der Waals surface area contributed by atoms with Crippen molar-refractivity contribution in [3.05, 3.63) is 60.2 Å². The highest BCUT2D eigenvalue weighted by Gasteiger charge is 2.14. The SMILES string of the molecule is CCNC(=NCc1ccccc1OC(F)F)NCCS(=O)(=O)c1ccccc1. The number of rotatable bonds is 9. The summed E-state index contributed by atoms with van der Waals surface area (Å²) < 4.78 is 54.1. The third-order valence-corrected chi connectivity index (χ3v) is 5.44. The number of benzene rings is 2. The van der Waals surface area contributed by atoms with Crippen molar-refractivity contribution in [3.63, 3.8) is 0 Å². The summed E-state index contributed by atoms with van der Waals surface area (Å²) in [6.07, 6.45) is 0. The Bertz CT molecular complexity index is 875. The van der Waals surface area contributed by atoms with Crippen LogP contribution >= 0.6 is 0 Å². The maximum Gasteiger partial charge on any atom is 0.387 e. The molecule has 0 aliphatic carbocycles. The maximum absolute atomic E-state index is 12.5. The summed E-state index contributed by atoms with van der Waals surface area (Å²) in [6, 6.07) is 14.6. The highest BCUT2D eigenvalue weighted by Crippen LogP contribution is 2.20. The fourth-order valence-electron chi connectivity index (χ4n) is 2.40. The van der Waals surface area contributed by atoms with Crippen molar-refractivity contribution in [2.24, 2.45) is 4.99 Å². The van der Waals surface area contributed by atoms with Gasteiger partial charge in [-0.15, -0.1) is 0 Å². The Morgan fingerprint density at radius 3 is 2.43 bits per heavy atom. The number of guanidine groups is 1. The number of alkyl halides is 2. The number of nitrogens with zero attached hydrogens (tertiary/aromatic N) is 1. The molecule has 0 aliphatic heterocycles. The molecule has 0 aromatic heterocycles. The van der Waals surface area contributed by atoms with Gasteiger partial charge in [-0.25, -0.2) is 13.4 Å². The molecule has 0 atom stereocenters. The van der Waals surface area contributed by atoms with E-state index in [0.717, 1.165) is 0 Å². The molecule has 28 heavy (non-hydrogen) atoms. The number of aliphatic imine (C=N–C) groups is 1. The molecule has 0 unspecified atom stereocenters. The Morgan fingerprint density at radius 1 is 1.07 bits per heavy atom. The Kier molecular flexibility index (Phi) is 8.19. The lowest BCUT2D eigenvalue weighted by Crippen LogP contribution is -2.39. The molecule has 2 N–H and O–H groups in total. The first-order chi connectivity index (χ1) is 13.4. The summed E-state index contributed by atoms with van der Waals surface area (Å²) in [5.41, 5.74) is 0.497. The molecule has 0 amide bonds. The maximum atomic E-state index is 12.5. The van der Waals surface area contributed by atoms with Gasteiger partial charge in [0, 0.05) is 18.7 Å². The van der Waals surface area contributed by atoms with Gasteiger partial charge >= 0.3 is 6.61 Å². The van der Waals surface area contributed by atoms with Crippen LogP contribution in [0.2, 0.25) is 0 Å². The molecule has 6 nitrogen and oxygen atoms in total. The minimum atomic E-state index is -3.41. The third kappa shape index (κ3) is 6.80. The molecule has 0 aliphatic rings. The zero-order chi connectivity index (χ0) is 20.4. The predicted octanol–water partition coefficient (Wildman–Crippen LogP) is 2.82. The molecule has 0 saturated heterocycles. The highest BCUT2D eigenvalue weighted by atomic mass is 32.2. The lowest BCUT2D eigenvalue weighted by molar-refractivity contribution is -0.0504. The Hall–Kier alpha value is -2.68.